The number of aromatic nitrogens is 9. The molecule has 0 unspecified atom stereocenters. The molecule has 156 valence electrons. The van der Waals surface area contributed by atoms with Crippen LogP contribution in [0.1, 0.15) is 55.3 Å². The predicted octanol–water partition coefficient (Wildman–Crippen LogP) is 3.04. The van der Waals surface area contributed by atoms with E-state index in [9.17, 15) is 0 Å². The maximum atomic E-state index is 4.80. The van der Waals surface area contributed by atoms with Gasteiger partial charge in [0.2, 0.25) is 17.8 Å². The van der Waals surface area contributed by atoms with Crippen LogP contribution in [-0.4, -0.2) is 43.6 Å². The zero-order valence-electron chi connectivity index (χ0n) is 18.4. The standard InChI is InChI=1S/C21H27N9/c1-7-16-22-13(4)10-28(16)19-25-20(29-11-14(5)23-17(29)8-2)27-21(26-19)30-12-15(6)24-18(30)9-3/h10-12H,7-9H2,1-6H3. The smallest absolute Gasteiger partial charge is 0.241 e. The highest BCUT2D eigenvalue weighted by molar-refractivity contribution is 5.31. The minimum Gasteiger partial charge on any atom is -0.271 e. The van der Waals surface area contributed by atoms with Crippen LogP contribution >= 0.6 is 0 Å². The van der Waals surface area contributed by atoms with Crippen molar-refractivity contribution >= 4 is 0 Å². The third-order valence-electron chi connectivity index (χ3n) is 4.89. The average molecular weight is 406 g/mol. The molecule has 0 spiro atoms. The van der Waals surface area contributed by atoms with Gasteiger partial charge in [0.15, 0.2) is 0 Å². The van der Waals surface area contributed by atoms with Crippen molar-refractivity contribution in [3.05, 3.63) is 53.1 Å². The summed E-state index contributed by atoms with van der Waals surface area (Å²) in [5.41, 5.74) is 2.78. The molecule has 0 saturated heterocycles. The second-order valence-electron chi connectivity index (χ2n) is 7.30. The summed E-state index contributed by atoms with van der Waals surface area (Å²) in [6.45, 7) is 12.1. The van der Waals surface area contributed by atoms with Crippen molar-refractivity contribution in [2.45, 2.75) is 60.8 Å². The number of aryl methyl sites for hydroxylation is 6. The van der Waals surface area contributed by atoms with Crippen molar-refractivity contribution in [2.24, 2.45) is 0 Å². The van der Waals surface area contributed by atoms with E-state index in [1.807, 2.05) is 53.1 Å². The van der Waals surface area contributed by atoms with Crippen LogP contribution in [0.2, 0.25) is 0 Å². The first-order valence-electron chi connectivity index (χ1n) is 10.3. The SMILES string of the molecule is CCc1nc(C)cn1-c1nc(-n2cc(C)nc2CC)nc(-n2cc(C)nc2CC)n1. The number of hydrogen-bond donors (Lipinski definition) is 0. The van der Waals surface area contributed by atoms with Gasteiger partial charge in [0.25, 0.3) is 0 Å². The molecule has 0 aliphatic rings. The number of nitrogens with zero attached hydrogens (tertiary/aromatic N) is 9. The van der Waals surface area contributed by atoms with Crippen molar-refractivity contribution in [2.75, 3.05) is 0 Å². The largest absolute Gasteiger partial charge is 0.271 e. The van der Waals surface area contributed by atoms with Gasteiger partial charge in [0.1, 0.15) is 17.5 Å². The molecule has 0 saturated carbocycles. The summed E-state index contributed by atoms with van der Waals surface area (Å²) in [7, 11) is 0. The molecule has 4 rings (SSSR count). The van der Waals surface area contributed by atoms with Gasteiger partial charge in [0, 0.05) is 37.9 Å². The quantitative estimate of drug-likeness (QED) is 0.490. The summed E-state index contributed by atoms with van der Waals surface area (Å²) in [5, 5.41) is 0. The molecule has 0 aliphatic carbocycles. The van der Waals surface area contributed by atoms with E-state index in [-0.39, 0.29) is 0 Å². The molecule has 0 N–H and O–H groups in total. The maximum Gasteiger partial charge on any atom is 0.241 e. The van der Waals surface area contributed by atoms with Crippen LogP contribution in [0.25, 0.3) is 17.8 Å². The van der Waals surface area contributed by atoms with Crippen LogP contribution in [-0.2, 0) is 19.3 Å². The van der Waals surface area contributed by atoms with E-state index in [1.165, 1.54) is 0 Å². The molecule has 0 atom stereocenters. The van der Waals surface area contributed by atoms with Crippen LogP contribution < -0.4 is 0 Å². The molecule has 0 amide bonds. The van der Waals surface area contributed by atoms with E-state index in [0.29, 0.717) is 17.8 Å². The number of imidazole rings is 3. The van der Waals surface area contributed by atoms with Gasteiger partial charge in [-0.2, -0.15) is 15.0 Å². The second kappa shape index (κ2) is 7.81. The first-order valence-corrected chi connectivity index (χ1v) is 10.3. The Morgan fingerprint density at radius 1 is 0.500 bits per heavy atom. The molecule has 0 aliphatic heterocycles. The summed E-state index contributed by atoms with van der Waals surface area (Å²) < 4.78 is 5.82. The fourth-order valence-electron chi connectivity index (χ4n) is 3.58. The fraction of sp³-hybridized carbons (Fsp3) is 0.429. The molecule has 9 heteroatoms. The molecule has 0 fully saturated rings. The lowest BCUT2D eigenvalue weighted by Crippen LogP contribution is -2.15. The Labute approximate surface area is 175 Å². The lowest BCUT2D eigenvalue weighted by atomic mass is 10.4. The van der Waals surface area contributed by atoms with Crippen LogP contribution in [0.4, 0.5) is 0 Å². The average Bonchev–Trinajstić information content (AvgIpc) is 3.43. The molecule has 4 aromatic rings. The summed E-state index contributed by atoms with van der Waals surface area (Å²) >= 11 is 0. The van der Waals surface area contributed by atoms with E-state index >= 15 is 0 Å². The van der Waals surface area contributed by atoms with E-state index in [2.05, 4.69) is 35.7 Å². The van der Waals surface area contributed by atoms with Gasteiger partial charge < -0.3 is 0 Å². The Balaban J connectivity index is 1.98. The first-order chi connectivity index (χ1) is 14.4. The van der Waals surface area contributed by atoms with Crippen molar-refractivity contribution in [3.8, 4) is 17.8 Å². The third kappa shape index (κ3) is 3.51. The van der Waals surface area contributed by atoms with Crippen molar-refractivity contribution < 1.29 is 0 Å². The van der Waals surface area contributed by atoms with Gasteiger partial charge >= 0.3 is 0 Å². The molecule has 4 heterocycles. The number of rotatable bonds is 6. The molecule has 30 heavy (non-hydrogen) atoms. The molecule has 4 aromatic heterocycles. The monoisotopic (exact) mass is 405 g/mol. The molecule has 0 aromatic carbocycles. The third-order valence-corrected chi connectivity index (χ3v) is 4.89. The van der Waals surface area contributed by atoms with Crippen LogP contribution in [0.15, 0.2) is 18.6 Å². The number of hydrogen-bond acceptors (Lipinski definition) is 6. The van der Waals surface area contributed by atoms with Gasteiger partial charge in [-0.1, -0.05) is 20.8 Å². The molecule has 0 radical (unpaired) electrons. The summed E-state index contributed by atoms with van der Waals surface area (Å²) in [6.07, 6.45) is 8.21. The van der Waals surface area contributed by atoms with Gasteiger partial charge in [-0.05, 0) is 20.8 Å². The molecular formula is C21H27N9. The Morgan fingerprint density at radius 2 is 0.767 bits per heavy atom. The van der Waals surface area contributed by atoms with Crippen molar-refractivity contribution in [3.63, 3.8) is 0 Å². The molecular weight excluding hydrogens is 378 g/mol. The lowest BCUT2D eigenvalue weighted by molar-refractivity contribution is 0.744. The second-order valence-corrected chi connectivity index (χ2v) is 7.30. The van der Waals surface area contributed by atoms with Crippen LogP contribution in [0.3, 0.4) is 0 Å². The Hall–Kier alpha value is -3.36. The van der Waals surface area contributed by atoms with Crippen LogP contribution in [0, 0.1) is 20.8 Å². The minimum atomic E-state index is 0.536. The molecule has 9 nitrogen and oxygen atoms in total. The minimum absolute atomic E-state index is 0.536. The zero-order chi connectivity index (χ0) is 21.4. The van der Waals surface area contributed by atoms with Gasteiger partial charge in [-0.3, -0.25) is 13.7 Å². The van der Waals surface area contributed by atoms with Crippen LogP contribution in [0.5, 0.6) is 0 Å². The predicted molar refractivity (Wildman–Crippen MR) is 114 cm³/mol. The van der Waals surface area contributed by atoms with E-state index in [4.69, 9.17) is 15.0 Å². The van der Waals surface area contributed by atoms with E-state index < -0.39 is 0 Å². The summed E-state index contributed by atoms with van der Waals surface area (Å²) in [4.78, 5) is 28.2. The van der Waals surface area contributed by atoms with Gasteiger partial charge in [0.05, 0.1) is 17.1 Å². The molecule has 0 bridgehead atoms. The van der Waals surface area contributed by atoms with Crippen molar-refractivity contribution in [1.29, 1.82) is 0 Å². The Morgan fingerprint density at radius 3 is 1.00 bits per heavy atom. The van der Waals surface area contributed by atoms with E-state index in [0.717, 1.165) is 53.8 Å². The van der Waals surface area contributed by atoms with Gasteiger partial charge in [-0.15, -0.1) is 0 Å². The van der Waals surface area contributed by atoms with E-state index in [1.54, 1.807) is 0 Å². The first kappa shape index (κ1) is 19.9. The maximum absolute atomic E-state index is 4.80. The Kier molecular flexibility index (Phi) is 5.19. The zero-order valence-corrected chi connectivity index (χ0v) is 18.4. The summed E-state index contributed by atoms with van der Waals surface area (Å²) in [6, 6.07) is 0. The highest BCUT2D eigenvalue weighted by atomic mass is 15.3. The topological polar surface area (TPSA) is 92.1 Å². The summed E-state index contributed by atoms with van der Waals surface area (Å²) in [5.74, 6) is 4.33. The lowest BCUT2D eigenvalue weighted by Gasteiger charge is -2.12. The Bertz CT molecular complexity index is 1040. The van der Waals surface area contributed by atoms with Crippen molar-refractivity contribution in [1.82, 2.24) is 43.6 Å². The highest BCUT2D eigenvalue weighted by Gasteiger charge is 2.18. The highest BCUT2D eigenvalue weighted by Crippen LogP contribution is 2.17. The normalized spacial score (nSPS) is 11.4. The van der Waals surface area contributed by atoms with Gasteiger partial charge in [-0.25, -0.2) is 15.0 Å². The fourth-order valence-corrected chi connectivity index (χ4v) is 3.58.